The summed E-state index contributed by atoms with van der Waals surface area (Å²) in [6.07, 6.45) is 2.21. The fourth-order valence-electron chi connectivity index (χ4n) is 2.37. The van der Waals surface area contributed by atoms with Crippen LogP contribution in [0.4, 0.5) is 0 Å². The number of nitrogens with zero attached hydrogens (tertiary/aromatic N) is 1. The molecule has 0 aromatic carbocycles. The largest absolute Gasteiger partial charge is 0.313 e. The Morgan fingerprint density at radius 2 is 2.30 bits per heavy atom. The summed E-state index contributed by atoms with van der Waals surface area (Å²) >= 11 is 1.29. The minimum Gasteiger partial charge on any atom is -0.313 e. The normalized spacial score (nSPS) is 20.6. The smallest absolute Gasteiger partial charge is 0.250 e. The number of hydrogen-bond acceptors (Lipinski definition) is 5. The van der Waals surface area contributed by atoms with Crippen LogP contribution in [-0.4, -0.2) is 46.0 Å². The van der Waals surface area contributed by atoms with Gasteiger partial charge in [-0.15, -0.1) is 11.3 Å². The maximum atomic E-state index is 12.2. The van der Waals surface area contributed by atoms with E-state index in [-0.39, 0.29) is 0 Å². The molecule has 1 unspecified atom stereocenters. The van der Waals surface area contributed by atoms with Gasteiger partial charge in [-0.2, -0.15) is 0 Å². The van der Waals surface area contributed by atoms with E-state index in [1.165, 1.54) is 11.3 Å². The molecule has 1 aliphatic rings. The van der Waals surface area contributed by atoms with Crippen LogP contribution in [0.25, 0.3) is 0 Å². The summed E-state index contributed by atoms with van der Waals surface area (Å²) < 4.78 is 27.6. The zero-order valence-electron chi connectivity index (χ0n) is 12.1. The van der Waals surface area contributed by atoms with E-state index >= 15 is 0 Å². The average Bonchev–Trinajstić information content (AvgIpc) is 3.03. The van der Waals surface area contributed by atoms with Crippen molar-refractivity contribution in [2.45, 2.75) is 36.6 Å². The monoisotopic (exact) mass is 317 g/mol. The molecule has 5 nitrogen and oxygen atoms in total. The third-order valence-electron chi connectivity index (χ3n) is 3.65. The second-order valence-corrected chi connectivity index (χ2v) is 8.09. The van der Waals surface area contributed by atoms with E-state index in [0.29, 0.717) is 23.3 Å². The van der Waals surface area contributed by atoms with Crippen molar-refractivity contribution in [3.05, 3.63) is 17.0 Å². The van der Waals surface area contributed by atoms with Crippen LogP contribution in [0.3, 0.4) is 0 Å². The van der Waals surface area contributed by atoms with Gasteiger partial charge in [-0.05, 0) is 50.0 Å². The van der Waals surface area contributed by atoms with Gasteiger partial charge >= 0.3 is 0 Å². The van der Waals surface area contributed by atoms with Crippen LogP contribution in [0.1, 0.15) is 25.3 Å². The van der Waals surface area contributed by atoms with Crippen molar-refractivity contribution in [1.29, 1.82) is 0 Å². The lowest BCUT2D eigenvalue weighted by Gasteiger charge is -2.19. The Bertz CT molecular complexity index is 527. The minimum atomic E-state index is -3.36. The van der Waals surface area contributed by atoms with Gasteiger partial charge in [-0.3, -0.25) is 0 Å². The topological polar surface area (TPSA) is 61.4 Å². The van der Waals surface area contributed by atoms with E-state index < -0.39 is 10.0 Å². The highest BCUT2D eigenvalue weighted by molar-refractivity contribution is 7.91. The average molecular weight is 317 g/mol. The first kappa shape index (κ1) is 15.9. The number of nitrogens with one attached hydrogen (secondary N) is 2. The van der Waals surface area contributed by atoms with Gasteiger partial charge in [0.25, 0.3) is 0 Å². The van der Waals surface area contributed by atoms with E-state index in [4.69, 9.17) is 0 Å². The van der Waals surface area contributed by atoms with Crippen molar-refractivity contribution >= 4 is 21.4 Å². The lowest BCUT2D eigenvalue weighted by molar-refractivity contribution is 0.311. The van der Waals surface area contributed by atoms with E-state index in [1.54, 1.807) is 6.07 Å². The van der Waals surface area contributed by atoms with Gasteiger partial charge in [0.15, 0.2) is 0 Å². The number of thiophene rings is 1. The lowest BCUT2D eigenvalue weighted by Crippen LogP contribution is -2.37. The summed E-state index contributed by atoms with van der Waals surface area (Å²) in [6, 6.07) is 2.08. The van der Waals surface area contributed by atoms with E-state index in [1.807, 2.05) is 19.4 Å². The van der Waals surface area contributed by atoms with Gasteiger partial charge in [0.05, 0.1) is 0 Å². The van der Waals surface area contributed by atoms with Crippen LogP contribution in [0, 0.1) is 0 Å². The highest BCUT2D eigenvalue weighted by Crippen LogP contribution is 2.21. The Morgan fingerprint density at radius 3 is 2.95 bits per heavy atom. The molecule has 20 heavy (non-hydrogen) atoms. The Labute approximate surface area is 125 Å². The van der Waals surface area contributed by atoms with Crippen molar-refractivity contribution in [2.24, 2.45) is 0 Å². The molecule has 1 fully saturated rings. The Balaban J connectivity index is 1.93. The number of likely N-dealkylation sites (N-methyl/N-ethyl adjacent to an activating group) is 1. The highest BCUT2D eigenvalue weighted by Gasteiger charge is 2.24. The Kier molecular flexibility index (Phi) is 5.57. The highest BCUT2D eigenvalue weighted by atomic mass is 32.2. The van der Waals surface area contributed by atoms with Crippen LogP contribution >= 0.6 is 11.3 Å². The number of sulfonamides is 1. The zero-order valence-corrected chi connectivity index (χ0v) is 13.7. The number of hydrogen-bond donors (Lipinski definition) is 2. The second-order valence-electron chi connectivity index (χ2n) is 5.18. The standard InChI is InChI=1S/C13H23N3O2S2/c1-3-14-8-11-7-13(19-10-11)20(17,18)15-9-12-5-4-6-16(12)2/h7,10,12,14-15H,3-6,8-9H2,1-2H3. The molecule has 2 heterocycles. The number of rotatable bonds is 7. The molecule has 0 radical (unpaired) electrons. The van der Waals surface area contributed by atoms with Crippen molar-refractivity contribution in [2.75, 3.05) is 26.7 Å². The summed E-state index contributed by atoms with van der Waals surface area (Å²) in [7, 11) is -1.31. The molecule has 7 heteroatoms. The quantitative estimate of drug-likeness (QED) is 0.794. The Hall–Kier alpha value is -0.470. The summed E-state index contributed by atoms with van der Waals surface area (Å²) in [5, 5.41) is 5.10. The minimum absolute atomic E-state index is 0.325. The van der Waals surface area contributed by atoms with Crippen molar-refractivity contribution in [3.8, 4) is 0 Å². The molecule has 2 N–H and O–H groups in total. The first-order valence-corrected chi connectivity index (χ1v) is 9.37. The third kappa shape index (κ3) is 4.02. The van der Waals surface area contributed by atoms with Crippen LogP contribution in [-0.2, 0) is 16.6 Å². The Morgan fingerprint density at radius 1 is 1.50 bits per heavy atom. The van der Waals surface area contributed by atoms with Gasteiger partial charge in [0, 0.05) is 19.1 Å². The lowest BCUT2D eigenvalue weighted by atomic mass is 10.2. The molecule has 0 spiro atoms. The fourth-order valence-corrected chi connectivity index (χ4v) is 4.70. The molecule has 0 saturated carbocycles. The van der Waals surface area contributed by atoms with Crippen molar-refractivity contribution < 1.29 is 8.42 Å². The maximum Gasteiger partial charge on any atom is 0.250 e. The summed E-state index contributed by atoms with van der Waals surface area (Å²) in [6.45, 7) is 5.18. The first-order valence-electron chi connectivity index (χ1n) is 7.01. The molecule has 1 aliphatic heterocycles. The van der Waals surface area contributed by atoms with Crippen molar-refractivity contribution in [3.63, 3.8) is 0 Å². The van der Waals surface area contributed by atoms with Gasteiger partial charge in [0.2, 0.25) is 10.0 Å². The van der Waals surface area contributed by atoms with Crippen molar-refractivity contribution in [1.82, 2.24) is 14.9 Å². The summed E-state index contributed by atoms with van der Waals surface area (Å²) in [5.41, 5.74) is 1.02. The molecular weight excluding hydrogens is 294 g/mol. The van der Waals surface area contributed by atoms with E-state index in [2.05, 4.69) is 14.9 Å². The van der Waals surface area contributed by atoms with Gasteiger partial charge < -0.3 is 10.2 Å². The summed E-state index contributed by atoms with van der Waals surface area (Å²) in [4.78, 5) is 2.22. The third-order valence-corrected chi connectivity index (χ3v) is 6.57. The molecule has 1 aromatic rings. The van der Waals surface area contributed by atoms with Crippen LogP contribution < -0.4 is 10.0 Å². The van der Waals surface area contributed by atoms with Gasteiger partial charge in [-0.1, -0.05) is 6.92 Å². The predicted octanol–water partition coefficient (Wildman–Crippen LogP) is 1.23. The molecule has 0 aliphatic carbocycles. The SMILES string of the molecule is CCNCc1csc(S(=O)(=O)NCC2CCCN2C)c1. The summed E-state index contributed by atoms with van der Waals surface area (Å²) in [5.74, 6) is 0. The van der Waals surface area contributed by atoms with Gasteiger partial charge in [0.1, 0.15) is 4.21 Å². The molecular formula is C13H23N3O2S2. The molecule has 1 atom stereocenters. The molecule has 1 aromatic heterocycles. The fraction of sp³-hybridized carbons (Fsp3) is 0.692. The second kappa shape index (κ2) is 7.00. The number of likely N-dealkylation sites (tertiary alicyclic amines) is 1. The van der Waals surface area contributed by atoms with Crippen LogP contribution in [0.2, 0.25) is 0 Å². The van der Waals surface area contributed by atoms with E-state index in [0.717, 1.165) is 31.5 Å². The molecule has 2 rings (SSSR count). The first-order chi connectivity index (χ1) is 9.53. The van der Waals surface area contributed by atoms with Crippen LogP contribution in [0.5, 0.6) is 0 Å². The maximum absolute atomic E-state index is 12.2. The zero-order chi connectivity index (χ0) is 14.6. The molecule has 114 valence electrons. The van der Waals surface area contributed by atoms with E-state index in [9.17, 15) is 8.42 Å². The van der Waals surface area contributed by atoms with Gasteiger partial charge in [-0.25, -0.2) is 13.1 Å². The predicted molar refractivity (Wildman–Crippen MR) is 82.5 cm³/mol. The van der Waals surface area contributed by atoms with Crippen LogP contribution in [0.15, 0.2) is 15.7 Å². The molecule has 1 saturated heterocycles. The molecule has 0 amide bonds. The molecule has 0 bridgehead atoms.